The molecule has 0 saturated carbocycles. The molecule has 0 bridgehead atoms. The number of hydrogen-bond acceptors (Lipinski definition) is 4. The predicted molar refractivity (Wildman–Crippen MR) is 99.6 cm³/mol. The van der Waals surface area contributed by atoms with Gasteiger partial charge in [-0.3, -0.25) is 9.69 Å². The number of piperidine rings is 2. The Morgan fingerprint density at radius 2 is 2.00 bits per heavy atom. The van der Waals surface area contributed by atoms with Gasteiger partial charge in [0.1, 0.15) is 5.75 Å². The van der Waals surface area contributed by atoms with Gasteiger partial charge in [0.2, 0.25) is 5.91 Å². The van der Waals surface area contributed by atoms with Gasteiger partial charge in [-0.05, 0) is 68.9 Å². The maximum atomic E-state index is 12.2. The number of likely N-dealkylation sites (tertiary alicyclic amines) is 1. The molecule has 2 aliphatic heterocycles. The molecular formula is C20H31N3O2. The van der Waals surface area contributed by atoms with Crippen molar-refractivity contribution in [3.05, 3.63) is 29.8 Å². The van der Waals surface area contributed by atoms with Crippen molar-refractivity contribution in [2.75, 3.05) is 39.8 Å². The van der Waals surface area contributed by atoms with E-state index >= 15 is 0 Å². The lowest BCUT2D eigenvalue weighted by Gasteiger charge is -2.32. The summed E-state index contributed by atoms with van der Waals surface area (Å²) in [6.45, 7) is 5.94. The van der Waals surface area contributed by atoms with E-state index in [1.165, 1.54) is 18.4 Å². The number of nitrogens with zero attached hydrogens (tertiary/aromatic N) is 1. The Hall–Kier alpha value is -1.59. The van der Waals surface area contributed by atoms with E-state index in [-0.39, 0.29) is 11.8 Å². The van der Waals surface area contributed by atoms with Crippen LogP contribution in [-0.2, 0) is 11.3 Å². The fourth-order valence-electron chi connectivity index (χ4n) is 3.80. The Bertz CT molecular complexity index is 532. The van der Waals surface area contributed by atoms with Crippen LogP contribution in [0.1, 0.15) is 31.2 Å². The van der Waals surface area contributed by atoms with Crippen LogP contribution in [0.2, 0.25) is 0 Å². The largest absolute Gasteiger partial charge is 0.497 e. The van der Waals surface area contributed by atoms with Crippen LogP contribution in [0.5, 0.6) is 5.75 Å². The zero-order valence-corrected chi connectivity index (χ0v) is 15.3. The van der Waals surface area contributed by atoms with E-state index in [0.29, 0.717) is 5.92 Å². The number of carbonyl (C=O) groups excluding carboxylic acids is 1. The van der Waals surface area contributed by atoms with Crippen LogP contribution in [0, 0.1) is 11.8 Å². The van der Waals surface area contributed by atoms with Gasteiger partial charge in [-0.1, -0.05) is 12.1 Å². The highest BCUT2D eigenvalue weighted by atomic mass is 16.5. The van der Waals surface area contributed by atoms with Crippen molar-refractivity contribution in [2.45, 2.75) is 32.2 Å². The molecule has 0 aromatic heterocycles. The van der Waals surface area contributed by atoms with Crippen molar-refractivity contribution < 1.29 is 9.53 Å². The molecule has 1 amide bonds. The van der Waals surface area contributed by atoms with E-state index in [4.69, 9.17) is 4.74 Å². The second-order valence-electron chi connectivity index (χ2n) is 7.36. The monoisotopic (exact) mass is 345 g/mol. The third-order valence-electron chi connectivity index (χ3n) is 5.51. The van der Waals surface area contributed by atoms with E-state index in [1.54, 1.807) is 7.11 Å². The molecule has 0 spiro atoms. The molecule has 1 unspecified atom stereocenters. The topological polar surface area (TPSA) is 53.6 Å². The molecule has 0 radical (unpaired) electrons. The quantitative estimate of drug-likeness (QED) is 0.828. The molecule has 1 aromatic carbocycles. The zero-order valence-electron chi connectivity index (χ0n) is 15.3. The molecule has 1 aromatic rings. The van der Waals surface area contributed by atoms with Gasteiger partial charge in [0, 0.05) is 19.6 Å². The van der Waals surface area contributed by atoms with Crippen LogP contribution in [0.25, 0.3) is 0 Å². The highest BCUT2D eigenvalue weighted by Gasteiger charge is 2.23. The third kappa shape index (κ3) is 5.44. The van der Waals surface area contributed by atoms with Crippen molar-refractivity contribution in [1.29, 1.82) is 0 Å². The van der Waals surface area contributed by atoms with Crippen molar-refractivity contribution in [3.63, 3.8) is 0 Å². The van der Waals surface area contributed by atoms with Crippen LogP contribution in [0.4, 0.5) is 0 Å². The number of amides is 1. The van der Waals surface area contributed by atoms with E-state index in [2.05, 4.69) is 27.7 Å². The van der Waals surface area contributed by atoms with Gasteiger partial charge in [0.05, 0.1) is 13.0 Å². The second kappa shape index (κ2) is 9.20. The molecule has 2 aliphatic rings. The van der Waals surface area contributed by atoms with Gasteiger partial charge in [-0.15, -0.1) is 0 Å². The molecule has 25 heavy (non-hydrogen) atoms. The normalized spacial score (nSPS) is 22.5. The minimum atomic E-state index is 0.170. The fraction of sp³-hybridized carbons (Fsp3) is 0.650. The first-order valence-corrected chi connectivity index (χ1v) is 9.58. The molecule has 2 heterocycles. The molecule has 138 valence electrons. The fourth-order valence-corrected chi connectivity index (χ4v) is 3.80. The maximum absolute atomic E-state index is 12.2. The van der Waals surface area contributed by atoms with Crippen LogP contribution in [-0.4, -0.2) is 50.6 Å². The summed E-state index contributed by atoms with van der Waals surface area (Å²) >= 11 is 0. The predicted octanol–water partition coefficient (Wildman–Crippen LogP) is 2.02. The first kappa shape index (κ1) is 18.2. The number of benzene rings is 1. The summed E-state index contributed by atoms with van der Waals surface area (Å²) in [5, 5.41) is 6.50. The van der Waals surface area contributed by atoms with Crippen molar-refractivity contribution >= 4 is 5.91 Å². The molecule has 5 heteroatoms. The number of carbonyl (C=O) groups is 1. The Kier molecular flexibility index (Phi) is 6.70. The number of rotatable bonds is 6. The smallest absolute Gasteiger partial charge is 0.224 e. The van der Waals surface area contributed by atoms with Gasteiger partial charge in [-0.25, -0.2) is 0 Å². The summed E-state index contributed by atoms with van der Waals surface area (Å²) in [6.07, 6.45) is 4.47. The van der Waals surface area contributed by atoms with Gasteiger partial charge in [0.15, 0.2) is 0 Å². The third-order valence-corrected chi connectivity index (χ3v) is 5.51. The molecule has 5 nitrogen and oxygen atoms in total. The first-order chi connectivity index (χ1) is 12.2. The number of nitrogens with one attached hydrogen (secondary N) is 2. The minimum absolute atomic E-state index is 0.170. The summed E-state index contributed by atoms with van der Waals surface area (Å²) in [4.78, 5) is 14.7. The SMILES string of the molecule is COc1ccc(CN2CCC(CNC(=O)C3CCCNC3)CC2)cc1. The maximum Gasteiger partial charge on any atom is 0.224 e. The first-order valence-electron chi connectivity index (χ1n) is 9.58. The Morgan fingerprint density at radius 3 is 2.64 bits per heavy atom. The van der Waals surface area contributed by atoms with Crippen LogP contribution < -0.4 is 15.4 Å². The lowest BCUT2D eigenvalue weighted by atomic mass is 9.95. The Labute approximate surface area is 151 Å². The van der Waals surface area contributed by atoms with Crippen molar-refractivity contribution in [2.24, 2.45) is 11.8 Å². The number of ether oxygens (including phenoxy) is 1. The molecule has 2 N–H and O–H groups in total. The standard InChI is InChI=1S/C20H31N3O2/c1-25-19-6-4-17(5-7-19)15-23-11-8-16(9-12-23)13-22-20(24)18-3-2-10-21-14-18/h4-7,16,18,21H,2-3,8-15H2,1H3,(H,22,24). The van der Waals surface area contributed by atoms with Crippen molar-refractivity contribution in [3.8, 4) is 5.75 Å². The van der Waals surface area contributed by atoms with Crippen LogP contribution in [0.3, 0.4) is 0 Å². The lowest BCUT2D eigenvalue weighted by Crippen LogP contribution is -2.43. The van der Waals surface area contributed by atoms with Gasteiger partial charge in [-0.2, -0.15) is 0 Å². The number of methoxy groups -OCH3 is 1. The minimum Gasteiger partial charge on any atom is -0.497 e. The summed E-state index contributed by atoms with van der Waals surface area (Å²) < 4.78 is 5.21. The van der Waals surface area contributed by atoms with Crippen molar-refractivity contribution in [1.82, 2.24) is 15.5 Å². The number of hydrogen-bond donors (Lipinski definition) is 2. The van der Waals surface area contributed by atoms with E-state index in [0.717, 1.165) is 57.9 Å². The van der Waals surface area contributed by atoms with Crippen LogP contribution in [0.15, 0.2) is 24.3 Å². The molecule has 2 fully saturated rings. The Balaban J connectivity index is 1.35. The highest BCUT2D eigenvalue weighted by molar-refractivity contribution is 5.78. The highest BCUT2D eigenvalue weighted by Crippen LogP contribution is 2.20. The second-order valence-corrected chi connectivity index (χ2v) is 7.36. The summed E-state index contributed by atoms with van der Waals surface area (Å²) in [7, 11) is 1.70. The average Bonchev–Trinajstić information content (AvgIpc) is 2.68. The van der Waals surface area contributed by atoms with Gasteiger partial charge >= 0.3 is 0 Å². The van der Waals surface area contributed by atoms with Gasteiger partial charge in [0.25, 0.3) is 0 Å². The molecular weight excluding hydrogens is 314 g/mol. The van der Waals surface area contributed by atoms with E-state index < -0.39 is 0 Å². The van der Waals surface area contributed by atoms with E-state index in [9.17, 15) is 4.79 Å². The zero-order chi connectivity index (χ0) is 17.5. The molecule has 0 aliphatic carbocycles. The summed E-state index contributed by atoms with van der Waals surface area (Å²) in [5.41, 5.74) is 1.33. The molecule has 3 rings (SSSR count). The summed E-state index contributed by atoms with van der Waals surface area (Å²) in [5.74, 6) is 1.94. The Morgan fingerprint density at radius 1 is 1.24 bits per heavy atom. The van der Waals surface area contributed by atoms with Crippen LogP contribution >= 0.6 is 0 Å². The lowest BCUT2D eigenvalue weighted by molar-refractivity contribution is -0.125. The van der Waals surface area contributed by atoms with E-state index in [1.807, 2.05) is 12.1 Å². The molecule has 2 saturated heterocycles. The average molecular weight is 345 g/mol. The van der Waals surface area contributed by atoms with Gasteiger partial charge < -0.3 is 15.4 Å². The summed E-state index contributed by atoms with van der Waals surface area (Å²) in [6, 6.07) is 8.34. The molecule has 1 atom stereocenters.